The van der Waals surface area contributed by atoms with Crippen molar-refractivity contribution in [3.05, 3.63) is 24.1 Å². The van der Waals surface area contributed by atoms with E-state index in [4.69, 9.17) is 5.73 Å². The molecule has 1 aromatic heterocycles. The van der Waals surface area contributed by atoms with Gasteiger partial charge in [-0.15, -0.1) is 0 Å². The number of nitrogens with two attached hydrogens (primary N) is 1. The number of nitrogens with zero attached hydrogens (tertiary/aromatic N) is 1. The Labute approximate surface area is 77.2 Å². The van der Waals surface area contributed by atoms with Gasteiger partial charge >= 0.3 is 0 Å². The van der Waals surface area contributed by atoms with Gasteiger partial charge in [0.1, 0.15) is 0 Å². The highest BCUT2D eigenvalue weighted by atomic mass is 19.1. The molecule has 13 heavy (non-hydrogen) atoms. The highest BCUT2D eigenvalue weighted by Gasteiger charge is 2.07. The molecular formula is C9H14FN3. The highest BCUT2D eigenvalue weighted by molar-refractivity contribution is 5.36. The first-order valence-corrected chi connectivity index (χ1v) is 4.35. The van der Waals surface area contributed by atoms with Gasteiger partial charge < -0.3 is 11.1 Å². The van der Waals surface area contributed by atoms with E-state index in [2.05, 4.69) is 10.3 Å². The maximum absolute atomic E-state index is 13.1. The summed E-state index contributed by atoms with van der Waals surface area (Å²) in [6, 6.07) is 3.02. The van der Waals surface area contributed by atoms with Gasteiger partial charge in [0.05, 0.1) is 0 Å². The molecule has 0 saturated carbocycles. The molecule has 1 unspecified atom stereocenters. The second kappa shape index (κ2) is 4.77. The summed E-state index contributed by atoms with van der Waals surface area (Å²) in [4.78, 5) is 3.87. The van der Waals surface area contributed by atoms with Crippen LogP contribution in [0.3, 0.4) is 0 Å². The molecule has 3 nitrogen and oxygen atoms in total. The summed E-state index contributed by atoms with van der Waals surface area (Å²) in [5, 5.41) is 2.94. The molecule has 0 aromatic carbocycles. The fourth-order valence-electron chi connectivity index (χ4n) is 1.01. The maximum atomic E-state index is 13.1. The van der Waals surface area contributed by atoms with E-state index in [9.17, 15) is 4.39 Å². The van der Waals surface area contributed by atoms with E-state index in [1.54, 1.807) is 12.3 Å². The molecule has 1 rings (SSSR count). The lowest BCUT2D eigenvalue weighted by atomic mass is 10.2. The van der Waals surface area contributed by atoms with Crippen LogP contribution in [0, 0.1) is 5.82 Å². The lowest BCUT2D eigenvalue weighted by molar-refractivity contribution is 0.614. The number of pyridine rings is 1. The summed E-state index contributed by atoms with van der Waals surface area (Å²) in [6.07, 6.45) is 2.40. The van der Waals surface area contributed by atoms with Gasteiger partial charge in [-0.3, -0.25) is 0 Å². The molecule has 0 bridgehead atoms. The summed E-state index contributed by atoms with van der Waals surface area (Å²) < 4.78 is 13.1. The average Bonchev–Trinajstić information content (AvgIpc) is 2.17. The minimum atomic E-state index is -0.339. The Morgan fingerprint density at radius 3 is 3.00 bits per heavy atom. The van der Waals surface area contributed by atoms with Gasteiger partial charge in [0.15, 0.2) is 11.6 Å². The predicted octanol–water partition coefficient (Wildman–Crippen LogP) is 1.37. The first-order valence-electron chi connectivity index (χ1n) is 4.35. The number of hydrogen-bond donors (Lipinski definition) is 2. The molecule has 0 fully saturated rings. The van der Waals surface area contributed by atoms with Gasteiger partial charge in [0.2, 0.25) is 0 Å². The third-order valence-electron chi connectivity index (χ3n) is 1.88. The molecule has 1 aromatic rings. The largest absolute Gasteiger partial charge is 0.364 e. The molecule has 0 amide bonds. The minimum absolute atomic E-state index is 0.0874. The van der Waals surface area contributed by atoms with Gasteiger partial charge in [0, 0.05) is 18.8 Å². The fraction of sp³-hybridized carbons (Fsp3) is 0.444. The third kappa shape index (κ3) is 2.66. The molecule has 72 valence electrons. The Hall–Kier alpha value is -1.16. The molecule has 1 heterocycles. The van der Waals surface area contributed by atoms with Crippen LogP contribution in [-0.4, -0.2) is 17.6 Å². The normalized spacial score (nSPS) is 12.5. The van der Waals surface area contributed by atoms with Crippen molar-refractivity contribution in [1.82, 2.24) is 4.98 Å². The SMILES string of the molecule is CCC(CN)Nc1ncccc1F. The first kappa shape index (κ1) is 9.92. The number of aromatic nitrogens is 1. The Bertz CT molecular complexity index is 261. The standard InChI is InChI=1S/C9H14FN3/c1-2-7(6-11)13-9-8(10)4-3-5-12-9/h3-5,7H,2,6,11H2,1H3,(H,12,13). The zero-order chi connectivity index (χ0) is 9.68. The van der Waals surface area contributed by atoms with Gasteiger partial charge in [-0.1, -0.05) is 6.92 Å². The van der Waals surface area contributed by atoms with Crippen LogP contribution in [0.1, 0.15) is 13.3 Å². The quantitative estimate of drug-likeness (QED) is 0.741. The van der Waals surface area contributed by atoms with Crippen molar-refractivity contribution in [2.75, 3.05) is 11.9 Å². The van der Waals surface area contributed by atoms with Crippen molar-refractivity contribution in [3.63, 3.8) is 0 Å². The number of anilines is 1. The van der Waals surface area contributed by atoms with E-state index in [-0.39, 0.29) is 17.7 Å². The minimum Gasteiger partial charge on any atom is -0.364 e. The van der Waals surface area contributed by atoms with E-state index < -0.39 is 0 Å². The zero-order valence-corrected chi connectivity index (χ0v) is 7.63. The lowest BCUT2D eigenvalue weighted by Gasteiger charge is -2.15. The van der Waals surface area contributed by atoms with Gasteiger partial charge in [-0.2, -0.15) is 0 Å². The Balaban J connectivity index is 2.67. The molecule has 0 aliphatic rings. The van der Waals surface area contributed by atoms with Gasteiger partial charge in [0.25, 0.3) is 0 Å². The number of hydrogen-bond acceptors (Lipinski definition) is 3. The molecule has 0 aliphatic carbocycles. The van der Waals surface area contributed by atoms with Crippen molar-refractivity contribution < 1.29 is 4.39 Å². The van der Waals surface area contributed by atoms with Crippen LogP contribution in [0.4, 0.5) is 10.2 Å². The zero-order valence-electron chi connectivity index (χ0n) is 7.63. The van der Waals surface area contributed by atoms with E-state index in [1.165, 1.54) is 6.07 Å². The fourth-order valence-corrected chi connectivity index (χ4v) is 1.01. The molecule has 0 radical (unpaired) electrons. The molecule has 0 spiro atoms. The molecule has 0 saturated heterocycles. The highest BCUT2D eigenvalue weighted by Crippen LogP contribution is 2.10. The summed E-state index contributed by atoms with van der Waals surface area (Å²) in [5.74, 6) is -0.0609. The van der Waals surface area contributed by atoms with Crippen LogP contribution in [0.15, 0.2) is 18.3 Å². The third-order valence-corrected chi connectivity index (χ3v) is 1.88. The van der Waals surface area contributed by atoms with Crippen LogP contribution < -0.4 is 11.1 Å². The summed E-state index contributed by atoms with van der Waals surface area (Å²) in [6.45, 7) is 2.47. The smallest absolute Gasteiger partial charge is 0.165 e. The Kier molecular flexibility index (Phi) is 3.64. The van der Waals surface area contributed by atoms with Crippen molar-refractivity contribution in [1.29, 1.82) is 0 Å². The van der Waals surface area contributed by atoms with Crippen LogP contribution in [0.2, 0.25) is 0 Å². The summed E-state index contributed by atoms with van der Waals surface area (Å²) in [5.41, 5.74) is 5.47. The molecule has 0 aliphatic heterocycles. The number of rotatable bonds is 4. The predicted molar refractivity (Wildman–Crippen MR) is 51.0 cm³/mol. The number of halogens is 1. The Morgan fingerprint density at radius 1 is 1.69 bits per heavy atom. The molecule has 4 heteroatoms. The molecular weight excluding hydrogens is 169 g/mol. The van der Waals surface area contributed by atoms with Gasteiger partial charge in [-0.25, -0.2) is 9.37 Å². The maximum Gasteiger partial charge on any atom is 0.165 e. The lowest BCUT2D eigenvalue weighted by Crippen LogP contribution is -2.28. The van der Waals surface area contributed by atoms with E-state index in [0.717, 1.165) is 6.42 Å². The molecule has 1 atom stereocenters. The van der Waals surface area contributed by atoms with Gasteiger partial charge in [-0.05, 0) is 18.6 Å². The topological polar surface area (TPSA) is 50.9 Å². The number of nitrogens with one attached hydrogen (secondary N) is 1. The monoisotopic (exact) mass is 183 g/mol. The van der Waals surface area contributed by atoms with Crippen molar-refractivity contribution in [2.45, 2.75) is 19.4 Å². The van der Waals surface area contributed by atoms with Crippen molar-refractivity contribution >= 4 is 5.82 Å². The molecule has 3 N–H and O–H groups in total. The van der Waals surface area contributed by atoms with E-state index in [0.29, 0.717) is 6.54 Å². The van der Waals surface area contributed by atoms with Crippen LogP contribution in [0.25, 0.3) is 0 Å². The van der Waals surface area contributed by atoms with Crippen molar-refractivity contribution in [3.8, 4) is 0 Å². The Morgan fingerprint density at radius 2 is 2.46 bits per heavy atom. The van der Waals surface area contributed by atoms with Crippen LogP contribution in [-0.2, 0) is 0 Å². The van der Waals surface area contributed by atoms with E-state index >= 15 is 0 Å². The van der Waals surface area contributed by atoms with Crippen LogP contribution >= 0.6 is 0 Å². The van der Waals surface area contributed by atoms with E-state index in [1.807, 2.05) is 6.92 Å². The van der Waals surface area contributed by atoms with Crippen molar-refractivity contribution in [2.24, 2.45) is 5.73 Å². The summed E-state index contributed by atoms with van der Waals surface area (Å²) >= 11 is 0. The second-order valence-electron chi connectivity index (χ2n) is 2.82. The summed E-state index contributed by atoms with van der Waals surface area (Å²) in [7, 11) is 0. The van der Waals surface area contributed by atoms with Crippen LogP contribution in [0.5, 0.6) is 0 Å². The average molecular weight is 183 g/mol. The second-order valence-corrected chi connectivity index (χ2v) is 2.82. The first-order chi connectivity index (χ1) is 6.27.